The van der Waals surface area contributed by atoms with Gasteiger partial charge in [-0.1, -0.05) is 6.92 Å². The lowest BCUT2D eigenvalue weighted by molar-refractivity contribution is -0.193. The van der Waals surface area contributed by atoms with Gasteiger partial charge in [0.2, 0.25) is 0 Å². The van der Waals surface area contributed by atoms with Crippen molar-refractivity contribution in [2.75, 3.05) is 19.8 Å². The average Bonchev–Trinajstić information content (AvgIpc) is 2.23. The molecule has 4 N–H and O–H groups in total. The summed E-state index contributed by atoms with van der Waals surface area (Å²) >= 11 is 0. The molecular formula is C9H16F3NO4. The van der Waals surface area contributed by atoms with E-state index in [9.17, 15) is 18.0 Å². The molecule has 0 rings (SSSR count). The van der Waals surface area contributed by atoms with Gasteiger partial charge in [0.25, 0.3) is 0 Å². The maximum absolute atomic E-state index is 12.3. The Balaban J connectivity index is 4.65. The molecular weight excluding hydrogens is 243 g/mol. The van der Waals surface area contributed by atoms with Crippen LogP contribution in [-0.4, -0.2) is 52.8 Å². The SMILES string of the molecule is CCC(CO)(CO)NCC(C(=O)O)C(F)(F)F. The third-order valence-corrected chi connectivity index (χ3v) is 2.66. The van der Waals surface area contributed by atoms with Crippen LogP contribution >= 0.6 is 0 Å². The zero-order valence-electron chi connectivity index (χ0n) is 9.29. The molecule has 0 amide bonds. The average molecular weight is 259 g/mol. The number of carboxylic acid groups (broad SMARTS) is 1. The highest BCUT2D eigenvalue weighted by Gasteiger charge is 2.45. The molecule has 1 atom stereocenters. The van der Waals surface area contributed by atoms with Crippen LogP contribution in [-0.2, 0) is 4.79 Å². The van der Waals surface area contributed by atoms with Crippen LogP contribution in [0.4, 0.5) is 13.2 Å². The van der Waals surface area contributed by atoms with Gasteiger partial charge in [0.15, 0.2) is 5.92 Å². The Kier molecular flexibility index (Phi) is 5.86. The fourth-order valence-electron chi connectivity index (χ4n) is 1.17. The molecule has 1 unspecified atom stereocenters. The molecule has 0 bridgehead atoms. The number of rotatable bonds is 7. The summed E-state index contributed by atoms with van der Waals surface area (Å²) < 4.78 is 36.9. The summed E-state index contributed by atoms with van der Waals surface area (Å²) in [5, 5.41) is 28.7. The van der Waals surface area contributed by atoms with Crippen molar-refractivity contribution >= 4 is 5.97 Å². The van der Waals surface area contributed by atoms with Crippen molar-refractivity contribution in [2.24, 2.45) is 5.92 Å². The smallest absolute Gasteiger partial charge is 0.403 e. The van der Waals surface area contributed by atoms with Crippen molar-refractivity contribution in [3.8, 4) is 0 Å². The van der Waals surface area contributed by atoms with E-state index in [-0.39, 0.29) is 6.42 Å². The van der Waals surface area contributed by atoms with Gasteiger partial charge in [-0.05, 0) is 6.42 Å². The number of carboxylic acids is 1. The first-order valence-electron chi connectivity index (χ1n) is 4.98. The summed E-state index contributed by atoms with van der Waals surface area (Å²) in [4.78, 5) is 10.4. The quantitative estimate of drug-likeness (QED) is 0.515. The molecule has 0 heterocycles. The summed E-state index contributed by atoms with van der Waals surface area (Å²) in [6.45, 7) is -0.495. The van der Waals surface area contributed by atoms with Gasteiger partial charge in [0.1, 0.15) is 0 Å². The molecule has 0 saturated heterocycles. The van der Waals surface area contributed by atoms with Crippen LogP contribution in [0.5, 0.6) is 0 Å². The van der Waals surface area contributed by atoms with Gasteiger partial charge in [0, 0.05) is 6.54 Å². The van der Waals surface area contributed by atoms with Crippen LogP contribution in [0, 0.1) is 5.92 Å². The summed E-state index contributed by atoms with van der Waals surface area (Å²) in [6, 6.07) is 0. The number of halogens is 3. The predicted octanol–water partition coefficient (Wildman–Crippen LogP) is -0.0275. The van der Waals surface area contributed by atoms with Gasteiger partial charge < -0.3 is 20.6 Å². The van der Waals surface area contributed by atoms with Crippen LogP contribution in [0.15, 0.2) is 0 Å². The van der Waals surface area contributed by atoms with Crippen molar-refractivity contribution in [1.29, 1.82) is 0 Å². The highest BCUT2D eigenvalue weighted by Crippen LogP contribution is 2.26. The van der Waals surface area contributed by atoms with Crippen LogP contribution in [0.1, 0.15) is 13.3 Å². The Hall–Kier alpha value is -0.860. The number of hydrogen-bond donors (Lipinski definition) is 4. The zero-order chi connectivity index (χ0) is 13.7. The monoisotopic (exact) mass is 259 g/mol. The van der Waals surface area contributed by atoms with Crippen molar-refractivity contribution in [3.05, 3.63) is 0 Å². The molecule has 0 aromatic rings. The zero-order valence-corrected chi connectivity index (χ0v) is 9.29. The lowest BCUT2D eigenvalue weighted by Gasteiger charge is -2.31. The number of hydrogen-bond acceptors (Lipinski definition) is 4. The van der Waals surface area contributed by atoms with Crippen molar-refractivity contribution in [2.45, 2.75) is 25.1 Å². The largest absolute Gasteiger partial charge is 0.481 e. The maximum atomic E-state index is 12.3. The number of nitrogens with one attached hydrogen (secondary N) is 1. The van der Waals surface area contributed by atoms with E-state index >= 15 is 0 Å². The second kappa shape index (κ2) is 6.18. The summed E-state index contributed by atoms with van der Waals surface area (Å²) in [5.41, 5.74) is -1.29. The maximum Gasteiger partial charge on any atom is 0.403 e. The van der Waals surface area contributed by atoms with Gasteiger partial charge in [-0.15, -0.1) is 0 Å². The number of carbonyl (C=O) groups is 1. The van der Waals surface area contributed by atoms with Crippen LogP contribution in [0.3, 0.4) is 0 Å². The summed E-state index contributed by atoms with van der Waals surface area (Å²) in [7, 11) is 0. The minimum Gasteiger partial charge on any atom is -0.481 e. The van der Waals surface area contributed by atoms with Gasteiger partial charge >= 0.3 is 12.1 Å². The van der Waals surface area contributed by atoms with Crippen LogP contribution in [0.25, 0.3) is 0 Å². The van der Waals surface area contributed by atoms with E-state index in [1.807, 2.05) is 0 Å². The van der Waals surface area contributed by atoms with Crippen LogP contribution < -0.4 is 5.32 Å². The van der Waals surface area contributed by atoms with Crippen molar-refractivity contribution in [3.63, 3.8) is 0 Å². The Morgan fingerprint density at radius 1 is 1.29 bits per heavy atom. The first-order chi connectivity index (χ1) is 7.72. The molecule has 17 heavy (non-hydrogen) atoms. The molecule has 8 heteroatoms. The number of alkyl halides is 3. The van der Waals surface area contributed by atoms with E-state index < -0.39 is 43.4 Å². The summed E-state index contributed by atoms with van der Waals surface area (Å²) in [5.74, 6) is -4.56. The molecule has 5 nitrogen and oxygen atoms in total. The Labute approximate surface area is 96.2 Å². The first-order valence-corrected chi connectivity index (χ1v) is 4.98. The molecule has 0 saturated carbocycles. The molecule has 0 aromatic carbocycles. The molecule has 0 fully saturated rings. The lowest BCUT2D eigenvalue weighted by Crippen LogP contribution is -2.54. The number of aliphatic carboxylic acids is 1. The van der Waals surface area contributed by atoms with Gasteiger partial charge in [0.05, 0.1) is 18.8 Å². The van der Waals surface area contributed by atoms with E-state index in [2.05, 4.69) is 5.32 Å². The standard InChI is InChI=1S/C9H16F3NO4/c1-2-8(4-14,5-15)13-3-6(7(16)17)9(10,11)12/h6,13-15H,2-5H2,1H3,(H,16,17). The van der Waals surface area contributed by atoms with E-state index in [1.54, 1.807) is 6.92 Å². The van der Waals surface area contributed by atoms with Gasteiger partial charge in [-0.25, -0.2) is 0 Å². The molecule has 0 aliphatic rings. The van der Waals surface area contributed by atoms with Gasteiger partial charge in [-0.2, -0.15) is 13.2 Å². The second-order valence-electron chi connectivity index (χ2n) is 3.76. The van der Waals surface area contributed by atoms with Gasteiger partial charge in [-0.3, -0.25) is 4.79 Å². The molecule has 0 aliphatic heterocycles. The molecule has 0 spiro atoms. The van der Waals surface area contributed by atoms with Crippen molar-refractivity contribution < 1.29 is 33.3 Å². The molecule has 102 valence electrons. The topological polar surface area (TPSA) is 89.8 Å². The number of aliphatic hydroxyl groups excluding tert-OH is 2. The minimum atomic E-state index is -4.87. The summed E-state index contributed by atoms with van der Waals surface area (Å²) in [6.07, 6.45) is -4.70. The second-order valence-corrected chi connectivity index (χ2v) is 3.76. The fourth-order valence-corrected chi connectivity index (χ4v) is 1.17. The molecule has 0 aromatic heterocycles. The van der Waals surface area contributed by atoms with Crippen LogP contribution in [0.2, 0.25) is 0 Å². The third-order valence-electron chi connectivity index (χ3n) is 2.66. The van der Waals surface area contributed by atoms with E-state index in [0.29, 0.717) is 0 Å². The molecule has 0 aliphatic carbocycles. The van der Waals surface area contributed by atoms with Crippen molar-refractivity contribution in [1.82, 2.24) is 5.32 Å². The minimum absolute atomic E-state index is 0.171. The third kappa shape index (κ3) is 4.49. The highest BCUT2D eigenvalue weighted by molar-refractivity contribution is 5.71. The van der Waals surface area contributed by atoms with E-state index in [4.69, 9.17) is 15.3 Å². The molecule has 0 radical (unpaired) electrons. The Bertz CT molecular complexity index is 245. The predicted molar refractivity (Wildman–Crippen MR) is 52.4 cm³/mol. The van der Waals surface area contributed by atoms with E-state index in [0.717, 1.165) is 0 Å². The number of aliphatic hydroxyl groups is 2. The fraction of sp³-hybridized carbons (Fsp3) is 0.889. The lowest BCUT2D eigenvalue weighted by atomic mass is 9.97. The Morgan fingerprint density at radius 3 is 2.00 bits per heavy atom. The Morgan fingerprint density at radius 2 is 1.76 bits per heavy atom. The van der Waals surface area contributed by atoms with E-state index in [1.165, 1.54) is 0 Å². The first kappa shape index (κ1) is 16.1. The highest BCUT2D eigenvalue weighted by atomic mass is 19.4. The normalized spacial score (nSPS) is 14.7.